The molecule has 0 aliphatic rings. The molecular weight excluding hydrogens is 124 g/mol. The lowest BCUT2D eigenvalue weighted by molar-refractivity contribution is 0.502. The Labute approximate surface area is 62.4 Å². The van der Waals surface area contributed by atoms with Gasteiger partial charge in [0.05, 0.1) is 0 Å². The van der Waals surface area contributed by atoms with Crippen LogP contribution < -0.4 is 0 Å². The molecule has 1 aromatic rings. The van der Waals surface area contributed by atoms with Crippen molar-refractivity contribution < 1.29 is 4.42 Å². The zero-order valence-corrected chi connectivity index (χ0v) is 6.90. The molecule has 0 aliphatic carbocycles. The number of hydrogen-bond acceptors (Lipinski definition) is 1. The monoisotopic (exact) mass is 138 g/mol. The standard InChI is InChI=1S/C7H10O.C2H4/c1-5-4-6(2)8-7(5)3;1-2/h4H,1-3H3;1-2H2. The molecule has 0 amide bonds. The molecule has 0 saturated carbocycles. The van der Waals surface area contributed by atoms with Gasteiger partial charge in [-0.25, -0.2) is 0 Å². The van der Waals surface area contributed by atoms with Crippen molar-refractivity contribution in [2.24, 2.45) is 0 Å². The summed E-state index contributed by atoms with van der Waals surface area (Å²) in [5.74, 6) is 2.03. The number of hydrogen-bond donors (Lipinski definition) is 0. The van der Waals surface area contributed by atoms with E-state index in [1.807, 2.05) is 26.8 Å². The molecule has 1 rings (SSSR count). The molecule has 1 heteroatoms. The summed E-state index contributed by atoms with van der Waals surface area (Å²) < 4.78 is 5.21. The van der Waals surface area contributed by atoms with Crippen molar-refractivity contribution in [2.45, 2.75) is 20.8 Å². The lowest BCUT2D eigenvalue weighted by Crippen LogP contribution is -1.63. The molecule has 0 radical (unpaired) electrons. The van der Waals surface area contributed by atoms with E-state index in [1.165, 1.54) is 5.56 Å². The third kappa shape index (κ3) is 2.09. The fourth-order valence-electron chi connectivity index (χ4n) is 0.758. The molecule has 10 heavy (non-hydrogen) atoms. The molecule has 0 unspecified atom stereocenters. The van der Waals surface area contributed by atoms with Gasteiger partial charge in [0.2, 0.25) is 0 Å². The molecule has 0 fully saturated rings. The maximum atomic E-state index is 5.21. The van der Waals surface area contributed by atoms with E-state index in [0.29, 0.717) is 0 Å². The highest BCUT2D eigenvalue weighted by molar-refractivity contribution is 5.17. The first kappa shape index (κ1) is 9.02. The van der Waals surface area contributed by atoms with Crippen LogP contribution in [0.25, 0.3) is 0 Å². The normalized spacial score (nSPS) is 8.30. The van der Waals surface area contributed by atoms with Crippen LogP contribution in [0.2, 0.25) is 0 Å². The molecule has 0 saturated heterocycles. The van der Waals surface area contributed by atoms with Gasteiger partial charge in [-0.1, -0.05) is 0 Å². The Bertz CT molecular complexity index is 179. The summed E-state index contributed by atoms with van der Waals surface area (Å²) in [5, 5.41) is 0. The number of furan rings is 1. The summed E-state index contributed by atoms with van der Waals surface area (Å²) in [7, 11) is 0. The maximum Gasteiger partial charge on any atom is 0.103 e. The third-order valence-corrected chi connectivity index (χ3v) is 1.29. The highest BCUT2D eigenvalue weighted by atomic mass is 16.3. The summed E-state index contributed by atoms with van der Waals surface area (Å²) >= 11 is 0. The molecule has 0 aliphatic heterocycles. The first-order valence-electron chi connectivity index (χ1n) is 3.24. The quantitative estimate of drug-likeness (QED) is 0.502. The molecule has 0 N–H and O–H groups in total. The minimum Gasteiger partial charge on any atom is -0.466 e. The van der Waals surface area contributed by atoms with E-state index < -0.39 is 0 Å². The molecule has 0 spiro atoms. The Balaban J connectivity index is 0.000000371. The van der Waals surface area contributed by atoms with Crippen molar-refractivity contribution in [3.63, 3.8) is 0 Å². The second kappa shape index (κ2) is 3.94. The van der Waals surface area contributed by atoms with E-state index in [2.05, 4.69) is 13.2 Å². The van der Waals surface area contributed by atoms with E-state index in [1.54, 1.807) is 0 Å². The second-order valence-corrected chi connectivity index (χ2v) is 2.10. The summed E-state index contributed by atoms with van der Waals surface area (Å²) in [5.41, 5.74) is 1.24. The average molecular weight is 138 g/mol. The third-order valence-electron chi connectivity index (χ3n) is 1.29. The predicted octanol–water partition coefficient (Wildman–Crippen LogP) is 3.01. The second-order valence-electron chi connectivity index (χ2n) is 2.10. The van der Waals surface area contributed by atoms with Gasteiger partial charge in [0.1, 0.15) is 11.5 Å². The molecule has 56 valence electrons. The van der Waals surface area contributed by atoms with Crippen LogP contribution in [0.1, 0.15) is 17.1 Å². The number of rotatable bonds is 0. The zero-order chi connectivity index (χ0) is 8.15. The Hall–Kier alpha value is -0.980. The Kier molecular flexibility index (Phi) is 3.55. The summed E-state index contributed by atoms with van der Waals surface area (Å²) in [6.07, 6.45) is 0. The minimum atomic E-state index is 1.00. The molecule has 1 aromatic heterocycles. The van der Waals surface area contributed by atoms with Crippen LogP contribution in [0.5, 0.6) is 0 Å². The van der Waals surface area contributed by atoms with Gasteiger partial charge in [0.15, 0.2) is 0 Å². The van der Waals surface area contributed by atoms with Crippen LogP contribution >= 0.6 is 0 Å². The van der Waals surface area contributed by atoms with Gasteiger partial charge in [-0.05, 0) is 32.4 Å². The molecule has 0 bridgehead atoms. The average Bonchev–Trinajstić information content (AvgIpc) is 2.16. The van der Waals surface area contributed by atoms with Crippen LogP contribution in [-0.2, 0) is 0 Å². The van der Waals surface area contributed by atoms with Gasteiger partial charge in [0.25, 0.3) is 0 Å². The number of aryl methyl sites for hydroxylation is 3. The topological polar surface area (TPSA) is 13.1 Å². The molecule has 1 nitrogen and oxygen atoms in total. The highest BCUT2D eigenvalue weighted by Gasteiger charge is 1.95. The minimum absolute atomic E-state index is 1.00. The van der Waals surface area contributed by atoms with Gasteiger partial charge in [-0.3, -0.25) is 0 Å². The molecular formula is C9H14O. The molecule has 1 heterocycles. The lowest BCUT2D eigenvalue weighted by Gasteiger charge is -1.80. The maximum absolute atomic E-state index is 5.21. The van der Waals surface area contributed by atoms with E-state index in [4.69, 9.17) is 4.42 Å². The fourth-order valence-corrected chi connectivity index (χ4v) is 0.758. The van der Waals surface area contributed by atoms with Crippen molar-refractivity contribution >= 4 is 0 Å². The largest absolute Gasteiger partial charge is 0.466 e. The highest BCUT2D eigenvalue weighted by Crippen LogP contribution is 2.10. The molecule has 0 atom stereocenters. The van der Waals surface area contributed by atoms with E-state index >= 15 is 0 Å². The van der Waals surface area contributed by atoms with Crippen molar-refractivity contribution in [3.05, 3.63) is 36.3 Å². The smallest absolute Gasteiger partial charge is 0.103 e. The van der Waals surface area contributed by atoms with E-state index in [0.717, 1.165) is 11.5 Å². The van der Waals surface area contributed by atoms with E-state index in [9.17, 15) is 0 Å². The van der Waals surface area contributed by atoms with Crippen molar-refractivity contribution in [1.82, 2.24) is 0 Å². The van der Waals surface area contributed by atoms with Gasteiger partial charge in [-0.2, -0.15) is 0 Å². The fraction of sp³-hybridized carbons (Fsp3) is 0.333. The van der Waals surface area contributed by atoms with Crippen LogP contribution in [0.3, 0.4) is 0 Å². The first-order chi connectivity index (χ1) is 4.70. The Morgan fingerprint density at radius 1 is 1.20 bits per heavy atom. The summed E-state index contributed by atoms with van der Waals surface area (Å²) in [6.45, 7) is 12.0. The van der Waals surface area contributed by atoms with Gasteiger partial charge < -0.3 is 4.42 Å². The summed E-state index contributed by atoms with van der Waals surface area (Å²) in [4.78, 5) is 0. The SMILES string of the molecule is C=C.Cc1cc(C)c(C)o1. The van der Waals surface area contributed by atoms with Crippen LogP contribution in [-0.4, -0.2) is 0 Å². The van der Waals surface area contributed by atoms with Crippen LogP contribution in [0.15, 0.2) is 23.6 Å². The van der Waals surface area contributed by atoms with Gasteiger partial charge >= 0.3 is 0 Å². The Morgan fingerprint density at radius 3 is 1.80 bits per heavy atom. The van der Waals surface area contributed by atoms with Crippen LogP contribution in [0, 0.1) is 20.8 Å². The first-order valence-corrected chi connectivity index (χ1v) is 3.24. The van der Waals surface area contributed by atoms with Crippen LogP contribution in [0.4, 0.5) is 0 Å². The van der Waals surface area contributed by atoms with E-state index in [-0.39, 0.29) is 0 Å². The van der Waals surface area contributed by atoms with Crippen molar-refractivity contribution in [3.8, 4) is 0 Å². The molecule has 0 aromatic carbocycles. The van der Waals surface area contributed by atoms with Gasteiger partial charge in [0, 0.05) is 0 Å². The predicted molar refractivity (Wildman–Crippen MR) is 44.2 cm³/mol. The lowest BCUT2D eigenvalue weighted by atomic mass is 10.3. The van der Waals surface area contributed by atoms with Gasteiger partial charge in [-0.15, -0.1) is 13.2 Å². The Morgan fingerprint density at radius 2 is 1.70 bits per heavy atom. The zero-order valence-electron chi connectivity index (χ0n) is 6.90. The van der Waals surface area contributed by atoms with Crippen molar-refractivity contribution in [1.29, 1.82) is 0 Å². The van der Waals surface area contributed by atoms with Crippen molar-refractivity contribution in [2.75, 3.05) is 0 Å². The summed E-state index contributed by atoms with van der Waals surface area (Å²) in [6, 6.07) is 2.04.